The number of carbonyl (C=O) groups is 2. The molecule has 6 heteroatoms. The lowest BCUT2D eigenvalue weighted by molar-refractivity contribution is -0.136. The quantitative estimate of drug-likeness (QED) is 0.455. The second-order valence-electron chi connectivity index (χ2n) is 3.52. The van der Waals surface area contributed by atoms with Crippen molar-refractivity contribution in [3.63, 3.8) is 0 Å². The third kappa shape index (κ3) is 4.56. The highest BCUT2D eigenvalue weighted by Gasteiger charge is 2.00. The Balaban J connectivity index is 2.50. The number of carboxylic acids is 1. The second-order valence-corrected chi connectivity index (χ2v) is 3.52. The van der Waals surface area contributed by atoms with Crippen molar-refractivity contribution in [2.75, 3.05) is 6.54 Å². The number of phenolic OH excluding ortho intramolecular Hbond substituents is 2. The number of carbonyl (C=O) groups excluding carboxylic acids is 1. The van der Waals surface area contributed by atoms with E-state index < -0.39 is 11.9 Å². The topological polar surface area (TPSA) is 107 Å². The zero-order valence-electron chi connectivity index (χ0n) is 9.46. The van der Waals surface area contributed by atoms with Gasteiger partial charge in [0.25, 0.3) is 0 Å². The van der Waals surface area contributed by atoms with E-state index in [0.717, 1.165) is 0 Å². The number of carboxylic acid groups (broad SMARTS) is 1. The first-order chi connectivity index (χ1) is 8.49. The van der Waals surface area contributed by atoms with Crippen molar-refractivity contribution < 1.29 is 24.9 Å². The lowest BCUT2D eigenvalue weighted by Gasteiger charge is -2.00. The number of hydrogen-bond donors (Lipinski definition) is 4. The van der Waals surface area contributed by atoms with E-state index in [4.69, 9.17) is 10.2 Å². The molecular formula is C12H13NO5. The molecule has 0 spiro atoms. The summed E-state index contributed by atoms with van der Waals surface area (Å²) < 4.78 is 0. The molecule has 0 aliphatic carbocycles. The number of aromatic hydroxyl groups is 2. The van der Waals surface area contributed by atoms with Crippen molar-refractivity contribution >= 4 is 18.0 Å². The van der Waals surface area contributed by atoms with E-state index in [-0.39, 0.29) is 24.5 Å². The molecule has 1 aromatic rings. The molecule has 0 bridgehead atoms. The van der Waals surface area contributed by atoms with Gasteiger partial charge in [-0.1, -0.05) is 6.07 Å². The summed E-state index contributed by atoms with van der Waals surface area (Å²) in [7, 11) is 0. The summed E-state index contributed by atoms with van der Waals surface area (Å²) in [5.74, 6) is -1.92. The van der Waals surface area contributed by atoms with Crippen LogP contribution in [0.4, 0.5) is 0 Å². The minimum Gasteiger partial charge on any atom is -0.504 e. The van der Waals surface area contributed by atoms with Crippen LogP contribution in [-0.4, -0.2) is 33.7 Å². The van der Waals surface area contributed by atoms with Gasteiger partial charge in [-0.2, -0.15) is 0 Å². The van der Waals surface area contributed by atoms with Crippen LogP contribution in [-0.2, 0) is 9.59 Å². The van der Waals surface area contributed by atoms with Gasteiger partial charge < -0.3 is 20.6 Å². The average Bonchev–Trinajstić information content (AvgIpc) is 2.30. The Morgan fingerprint density at radius 2 is 1.94 bits per heavy atom. The van der Waals surface area contributed by atoms with Crippen LogP contribution in [0.25, 0.3) is 6.08 Å². The standard InChI is InChI=1S/C12H13NO5/c14-9-3-1-8(7-10(9)15)2-4-11(16)13-6-5-12(17)18/h1-4,7,14-15H,5-6H2,(H,13,16)(H,17,18). The minimum absolute atomic E-state index is 0.0549. The number of aliphatic carboxylic acids is 1. The van der Waals surface area contributed by atoms with Crippen LogP contribution in [0.5, 0.6) is 11.5 Å². The number of benzene rings is 1. The van der Waals surface area contributed by atoms with Gasteiger partial charge >= 0.3 is 5.97 Å². The Hall–Kier alpha value is -2.50. The Morgan fingerprint density at radius 3 is 2.56 bits per heavy atom. The Bertz CT molecular complexity index is 481. The molecule has 0 aliphatic rings. The smallest absolute Gasteiger partial charge is 0.305 e. The normalized spacial score (nSPS) is 10.4. The first-order valence-electron chi connectivity index (χ1n) is 5.18. The SMILES string of the molecule is O=C(O)CCNC(=O)C=Cc1ccc(O)c(O)c1. The molecule has 0 radical (unpaired) electrons. The van der Waals surface area contributed by atoms with Gasteiger partial charge in [0.2, 0.25) is 5.91 Å². The van der Waals surface area contributed by atoms with Crippen molar-refractivity contribution in [3.8, 4) is 11.5 Å². The zero-order chi connectivity index (χ0) is 13.5. The van der Waals surface area contributed by atoms with E-state index in [1.807, 2.05) is 0 Å². The first-order valence-corrected chi connectivity index (χ1v) is 5.18. The maximum Gasteiger partial charge on any atom is 0.305 e. The summed E-state index contributed by atoms with van der Waals surface area (Å²) in [6, 6.07) is 4.13. The molecule has 1 amide bonds. The van der Waals surface area contributed by atoms with Crippen molar-refractivity contribution in [3.05, 3.63) is 29.8 Å². The molecule has 6 nitrogen and oxygen atoms in total. The molecule has 18 heavy (non-hydrogen) atoms. The molecule has 0 atom stereocenters. The number of hydrogen-bond acceptors (Lipinski definition) is 4. The summed E-state index contributed by atoms with van der Waals surface area (Å²) in [6.45, 7) is 0.0549. The van der Waals surface area contributed by atoms with Gasteiger partial charge in [0.1, 0.15) is 0 Å². The van der Waals surface area contributed by atoms with Crippen LogP contribution in [0.15, 0.2) is 24.3 Å². The van der Waals surface area contributed by atoms with E-state index in [0.29, 0.717) is 5.56 Å². The van der Waals surface area contributed by atoms with E-state index >= 15 is 0 Å². The summed E-state index contributed by atoms with van der Waals surface area (Å²) in [5, 5.41) is 29.1. The van der Waals surface area contributed by atoms with Crippen LogP contribution in [0.3, 0.4) is 0 Å². The third-order valence-electron chi connectivity index (χ3n) is 2.06. The fourth-order valence-electron chi connectivity index (χ4n) is 1.17. The summed E-state index contributed by atoms with van der Waals surface area (Å²) in [5.41, 5.74) is 0.540. The molecule has 0 unspecified atom stereocenters. The van der Waals surface area contributed by atoms with Gasteiger partial charge in [-0.25, -0.2) is 0 Å². The minimum atomic E-state index is -0.984. The van der Waals surface area contributed by atoms with Crippen molar-refractivity contribution in [1.29, 1.82) is 0 Å². The summed E-state index contributed by atoms with van der Waals surface area (Å²) in [4.78, 5) is 21.5. The molecule has 0 saturated carbocycles. The highest BCUT2D eigenvalue weighted by atomic mass is 16.4. The first kappa shape index (κ1) is 13.6. The molecule has 1 rings (SSSR count). The van der Waals surface area contributed by atoms with Gasteiger partial charge in [0.15, 0.2) is 11.5 Å². The Morgan fingerprint density at radius 1 is 1.22 bits per heavy atom. The van der Waals surface area contributed by atoms with Crippen LogP contribution < -0.4 is 5.32 Å². The fraction of sp³-hybridized carbons (Fsp3) is 0.167. The molecule has 1 aromatic carbocycles. The largest absolute Gasteiger partial charge is 0.504 e. The van der Waals surface area contributed by atoms with E-state index in [1.54, 1.807) is 0 Å². The van der Waals surface area contributed by atoms with Crippen LogP contribution >= 0.6 is 0 Å². The third-order valence-corrected chi connectivity index (χ3v) is 2.06. The molecule has 0 fully saturated rings. The predicted molar refractivity (Wildman–Crippen MR) is 64.1 cm³/mol. The molecule has 0 aliphatic heterocycles. The molecule has 0 aromatic heterocycles. The highest BCUT2D eigenvalue weighted by molar-refractivity contribution is 5.91. The predicted octanol–water partition coefficient (Wildman–Crippen LogP) is 0.702. The average molecular weight is 251 g/mol. The summed E-state index contributed by atoms with van der Waals surface area (Å²) in [6.07, 6.45) is 2.52. The molecule has 0 heterocycles. The van der Waals surface area contributed by atoms with Gasteiger partial charge in [0, 0.05) is 12.6 Å². The number of amides is 1. The number of nitrogens with one attached hydrogen (secondary N) is 1. The van der Waals surface area contributed by atoms with Crippen LogP contribution in [0.2, 0.25) is 0 Å². The molecule has 4 N–H and O–H groups in total. The maximum absolute atomic E-state index is 11.2. The number of phenols is 2. The van der Waals surface area contributed by atoms with Gasteiger partial charge in [-0.3, -0.25) is 9.59 Å². The lowest BCUT2D eigenvalue weighted by atomic mass is 10.2. The van der Waals surface area contributed by atoms with E-state index in [9.17, 15) is 14.7 Å². The monoisotopic (exact) mass is 251 g/mol. The molecular weight excluding hydrogens is 238 g/mol. The Kier molecular flexibility index (Phi) is 4.74. The van der Waals surface area contributed by atoms with Gasteiger partial charge in [-0.05, 0) is 23.8 Å². The van der Waals surface area contributed by atoms with Crippen LogP contribution in [0, 0.1) is 0 Å². The fourth-order valence-corrected chi connectivity index (χ4v) is 1.17. The molecule has 96 valence electrons. The molecule has 0 saturated heterocycles. The van der Waals surface area contributed by atoms with E-state index in [2.05, 4.69) is 5.32 Å². The number of rotatable bonds is 5. The lowest BCUT2D eigenvalue weighted by Crippen LogP contribution is -2.23. The highest BCUT2D eigenvalue weighted by Crippen LogP contribution is 2.25. The van der Waals surface area contributed by atoms with Gasteiger partial charge in [0.05, 0.1) is 6.42 Å². The van der Waals surface area contributed by atoms with E-state index in [1.165, 1.54) is 30.4 Å². The summed E-state index contributed by atoms with van der Waals surface area (Å²) >= 11 is 0. The van der Waals surface area contributed by atoms with Crippen molar-refractivity contribution in [2.24, 2.45) is 0 Å². The van der Waals surface area contributed by atoms with Crippen molar-refractivity contribution in [2.45, 2.75) is 6.42 Å². The van der Waals surface area contributed by atoms with Crippen LogP contribution in [0.1, 0.15) is 12.0 Å². The van der Waals surface area contributed by atoms with Crippen molar-refractivity contribution in [1.82, 2.24) is 5.32 Å². The second kappa shape index (κ2) is 6.29. The zero-order valence-corrected chi connectivity index (χ0v) is 9.46. The van der Waals surface area contributed by atoms with Gasteiger partial charge in [-0.15, -0.1) is 0 Å². The Labute approximate surface area is 103 Å². The maximum atomic E-state index is 11.2.